The molecule has 4 aliphatic carbocycles. The number of thiophene rings is 1. The molecule has 1 spiro atoms. The lowest BCUT2D eigenvalue weighted by molar-refractivity contribution is -0.645. The molecule has 5 aliphatic rings. The minimum absolute atomic E-state index is 0.357. The fourth-order valence-electron chi connectivity index (χ4n) is 7.00. The zero-order chi connectivity index (χ0) is 21.4. The highest BCUT2D eigenvalue weighted by Crippen LogP contribution is 2.69. The second kappa shape index (κ2) is 6.89. The fourth-order valence-corrected chi connectivity index (χ4v) is 8.17. The molecule has 2 unspecified atom stereocenters. The molecule has 1 aromatic carbocycles. The Kier molecular flexibility index (Phi) is 4.54. The van der Waals surface area contributed by atoms with E-state index in [-0.39, 0.29) is 0 Å². The fraction of sp³-hybridized carbons (Fsp3) is 0.565. The minimum atomic E-state index is -3.76. The first-order chi connectivity index (χ1) is 14.8. The zero-order valence-corrected chi connectivity index (χ0v) is 19.4. The topological polar surface area (TPSA) is 74.2 Å². The molecular formula is C23H27O6PS. The Morgan fingerprint density at radius 1 is 1.10 bits per heavy atom. The number of ether oxygens (including phenoxy) is 1. The van der Waals surface area contributed by atoms with Gasteiger partial charge in [-0.3, -0.25) is 0 Å². The third-order valence-electron chi connectivity index (χ3n) is 7.91. The van der Waals surface area contributed by atoms with Crippen molar-refractivity contribution in [1.82, 2.24) is 0 Å². The molecule has 4 bridgehead atoms. The second-order valence-corrected chi connectivity index (χ2v) is 12.3. The van der Waals surface area contributed by atoms with Crippen LogP contribution in [-0.4, -0.2) is 24.3 Å². The van der Waals surface area contributed by atoms with Crippen molar-refractivity contribution < 1.29 is 28.5 Å². The van der Waals surface area contributed by atoms with E-state index >= 15 is 0 Å². The van der Waals surface area contributed by atoms with Crippen molar-refractivity contribution in [3.05, 3.63) is 40.6 Å². The Morgan fingerprint density at radius 2 is 1.81 bits per heavy atom. The van der Waals surface area contributed by atoms with Crippen LogP contribution >= 0.6 is 18.9 Å². The average Bonchev–Trinajstić information content (AvgIpc) is 3.21. The summed E-state index contributed by atoms with van der Waals surface area (Å²) >= 11 is 1.57. The van der Waals surface area contributed by atoms with Gasteiger partial charge in [0.2, 0.25) is 0 Å². The van der Waals surface area contributed by atoms with Gasteiger partial charge in [-0.1, -0.05) is 12.1 Å². The minimum Gasteiger partial charge on any atom is -0.424 e. The van der Waals surface area contributed by atoms with Crippen LogP contribution in [0.25, 0.3) is 11.1 Å². The highest BCUT2D eigenvalue weighted by Gasteiger charge is 2.76. The van der Waals surface area contributed by atoms with Crippen molar-refractivity contribution in [3.8, 4) is 16.9 Å². The summed E-state index contributed by atoms with van der Waals surface area (Å²) in [4.78, 5) is 21.8. The van der Waals surface area contributed by atoms with Gasteiger partial charge in [0.15, 0.2) is 5.60 Å². The van der Waals surface area contributed by atoms with E-state index in [4.69, 9.17) is 19.0 Å². The lowest BCUT2D eigenvalue weighted by Gasteiger charge is -2.68. The van der Waals surface area contributed by atoms with Crippen molar-refractivity contribution in [2.24, 2.45) is 23.7 Å². The van der Waals surface area contributed by atoms with E-state index in [1.54, 1.807) is 24.5 Å². The molecule has 0 amide bonds. The molecule has 4 saturated carbocycles. The third kappa shape index (κ3) is 2.87. The van der Waals surface area contributed by atoms with Crippen LogP contribution < -0.4 is 4.52 Å². The van der Waals surface area contributed by atoms with Crippen LogP contribution in [0.3, 0.4) is 0 Å². The molecule has 8 heteroatoms. The molecule has 6 nitrogen and oxygen atoms in total. The van der Waals surface area contributed by atoms with Crippen LogP contribution in [0, 0.1) is 23.7 Å². The van der Waals surface area contributed by atoms with Crippen molar-refractivity contribution in [1.29, 1.82) is 0 Å². The maximum absolute atomic E-state index is 12.2. The molecule has 1 aromatic heterocycles. The molecule has 1 saturated heterocycles. The van der Waals surface area contributed by atoms with Gasteiger partial charge in [0.1, 0.15) is 5.75 Å². The van der Waals surface area contributed by atoms with Gasteiger partial charge in [-0.25, -0.2) is 9.45 Å². The van der Waals surface area contributed by atoms with E-state index in [1.165, 1.54) is 13.1 Å². The van der Waals surface area contributed by atoms with E-state index in [0.717, 1.165) is 54.2 Å². The monoisotopic (exact) mass is 462 g/mol. The van der Waals surface area contributed by atoms with Gasteiger partial charge in [-0.05, 0) is 84.2 Å². The third-order valence-corrected chi connectivity index (χ3v) is 9.13. The average molecular weight is 463 g/mol. The Balaban J connectivity index is 1.46. The van der Waals surface area contributed by atoms with E-state index < -0.39 is 19.0 Å². The number of benzene rings is 1. The van der Waals surface area contributed by atoms with Crippen molar-refractivity contribution >= 4 is 18.9 Å². The summed E-state index contributed by atoms with van der Waals surface area (Å²) in [5.41, 5.74) is 1.98. The predicted octanol–water partition coefficient (Wildman–Crippen LogP) is 5.57. The number of hydrogen-bond donors (Lipinski definition) is 1. The smallest absolute Gasteiger partial charge is 0.373 e. The van der Waals surface area contributed by atoms with Gasteiger partial charge in [-0.2, -0.15) is 16.2 Å². The van der Waals surface area contributed by atoms with Gasteiger partial charge in [-0.15, -0.1) is 0 Å². The number of methoxy groups -OCH3 is 1. The van der Waals surface area contributed by atoms with E-state index in [0.29, 0.717) is 17.6 Å². The predicted molar refractivity (Wildman–Crippen MR) is 117 cm³/mol. The maximum atomic E-state index is 12.2. The summed E-state index contributed by atoms with van der Waals surface area (Å²) in [6, 6.07) is 7.68. The van der Waals surface area contributed by atoms with E-state index in [9.17, 15) is 9.46 Å². The molecule has 0 radical (unpaired) electrons. The second-order valence-electron chi connectivity index (χ2n) is 9.70. The van der Waals surface area contributed by atoms with Crippen LogP contribution in [0.4, 0.5) is 0 Å². The first kappa shape index (κ1) is 20.4. The van der Waals surface area contributed by atoms with Gasteiger partial charge in [0, 0.05) is 24.9 Å². The summed E-state index contributed by atoms with van der Waals surface area (Å²) < 4.78 is 23.9. The normalized spacial score (nSPS) is 40.0. The van der Waals surface area contributed by atoms with Crippen LogP contribution in [0.15, 0.2) is 35.0 Å². The molecule has 1 aliphatic heterocycles. The van der Waals surface area contributed by atoms with Gasteiger partial charge in [0.05, 0.1) is 0 Å². The van der Waals surface area contributed by atoms with Gasteiger partial charge < -0.3 is 14.2 Å². The SMILES string of the molecule is COC1(c2ccc(-c3ccsc3)c(OP(C)(=O)O)c2)OOC12C1CC3CC(C1)CC2C3. The highest BCUT2D eigenvalue weighted by atomic mass is 32.1. The highest BCUT2D eigenvalue weighted by molar-refractivity contribution is 7.52. The van der Waals surface area contributed by atoms with Crippen LogP contribution in [0.1, 0.15) is 37.7 Å². The summed E-state index contributed by atoms with van der Waals surface area (Å²) in [5, 5.41) is 3.97. The largest absolute Gasteiger partial charge is 0.424 e. The maximum Gasteiger partial charge on any atom is 0.373 e. The lowest BCUT2D eigenvalue weighted by Crippen LogP contribution is -2.76. The quantitative estimate of drug-likeness (QED) is 0.463. The van der Waals surface area contributed by atoms with Crippen LogP contribution in [0.5, 0.6) is 5.75 Å². The molecule has 166 valence electrons. The molecule has 1 N–H and O–H groups in total. The molecule has 31 heavy (non-hydrogen) atoms. The first-order valence-electron chi connectivity index (χ1n) is 10.9. The standard InChI is InChI=1S/C23H27O6PS/c1-26-23(22(28-29-23)18-8-14-7-15(10-18)11-19(22)9-14)17-3-4-20(16-5-6-31-13-16)21(12-17)27-30(2,24)25/h3-6,12-15,18-19H,7-11H2,1-2H3,(H,24,25). The Morgan fingerprint density at radius 3 is 2.32 bits per heavy atom. The van der Waals surface area contributed by atoms with Crippen molar-refractivity contribution in [3.63, 3.8) is 0 Å². The molecule has 2 atom stereocenters. The molecule has 2 aromatic rings. The van der Waals surface area contributed by atoms with Gasteiger partial charge >= 0.3 is 7.60 Å². The summed E-state index contributed by atoms with van der Waals surface area (Å²) in [6.45, 7) is 1.20. The lowest BCUT2D eigenvalue weighted by atomic mass is 9.47. The zero-order valence-electron chi connectivity index (χ0n) is 17.7. The summed E-state index contributed by atoms with van der Waals surface area (Å²) in [5.74, 6) is 1.69. The van der Waals surface area contributed by atoms with E-state index in [2.05, 4.69) is 0 Å². The summed E-state index contributed by atoms with van der Waals surface area (Å²) in [6.07, 6.45) is 5.95. The summed E-state index contributed by atoms with van der Waals surface area (Å²) in [7, 11) is -2.09. The van der Waals surface area contributed by atoms with Crippen molar-refractivity contribution in [2.75, 3.05) is 13.8 Å². The first-order valence-corrected chi connectivity index (χ1v) is 13.9. The Hall–Kier alpha value is -1.21. The van der Waals surface area contributed by atoms with Crippen LogP contribution in [0.2, 0.25) is 0 Å². The van der Waals surface area contributed by atoms with Gasteiger partial charge in [0.25, 0.3) is 5.79 Å². The molecule has 7 rings (SSSR count). The molecule has 2 heterocycles. The molecular weight excluding hydrogens is 435 g/mol. The Bertz CT molecular complexity index is 1010. The van der Waals surface area contributed by atoms with Crippen LogP contribution in [-0.2, 0) is 24.9 Å². The van der Waals surface area contributed by atoms with E-state index in [1.807, 2.05) is 29.0 Å². The number of rotatable bonds is 5. The number of hydrogen-bond acceptors (Lipinski definition) is 6. The van der Waals surface area contributed by atoms with Crippen molar-refractivity contribution in [2.45, 2.75) is 43.5 Å². The Labute approximate surface area is 185 Å². The molecule has 5 fully saturated rings.